The van der Waals surface area contributed by atoms with E-state index in [4.69, 9.17) is 4.74 Å². The van der Waals surface area contributed by atoms with E-state index in [-0.39, 0.29) is 19.2 Å². The summed E-state index contributed by atoms with van der Waals surface area (Å²) in [6.45, 7) is 3.58. The minimum absolute atomic E-state index is 0.00616. The highest BCUT2D eigenvalue weighted by atomic mass is 19.4. The summed E-state index contributed by atoms with van der Waals surface area (Å²) in [5.41, 5.74) is -4.94. The van der Waals surface area contributed by atoms with Crippen molar-refractivity contribution in [3.05, 3.63) is 70.8 Å². The molecule has 0 aliphatic carbocycles. The number of halogens is 6. The fraction of sp³-hybridized carbons (Fsp3) is 0.417. The van der Waals surface area contributed by atoms with Crippen molar-refractivity contribution in [1.82, 2.24) is 10.2 Å². The summed E-state index contributed by atoms with van der Waals surface area (Å²) in [6, 6.07) is 8.06. The highest BCUT2D eigenvalue weighted by Crippen LogP contribution is 2.39. The molecule has 1 saturated heterocycles. The van der Waals surface area contributed by atoms with Gasteiger partial charge in [-0.25, -0.2) is 0 Å². The van der Waals surface area contributed by atoms with Gasteiger partial charge in [0.2, 0.25) is 11.8 Å². The van der Waals surface area contributed by atoms with Crippen LogP contribution in [0.4, 0.5) is 26.3 Å². The van der Waals surface area contributed by atoms with Crippen LogP contribution in [-0.4, -0.2) is 43.0 Å². The highest BCUT2D eigenvalue weighted by Gasteiger charge is 2.41. The number of hydrogen-bond donors (Lipinski definition) is 1. The average Bonchev–Trinajstić information content (AvgIpc) is 2.81. The summed E-state index contributed by atoms with van der Waals surface area (Å²) < 4.78 is 85.3. The normalized spacial score (nSPS) is 16.1. The standard InChI is InChI=1S/C24H24F6N2O3/c1-22(2,16-12-17(23(25,26)27)14-18(13-16)24(28,29)30)21(34)31-19(15-6-4-3-5-7-15)20(33)32-8-10-35-11-9-32/h3-7,12-14,19H,8-11H2,1-2H3,(H,31,34)/t19-/m1/s1. The van der Waals surface area contributed by atoms with Gasteiger partial charge in [-0.05, 0) is 43.2 Å². The molecule has 1 heterocycles. The second-order valence-corrected chi connectivity index (χ2v) is 8.67. The third-order valence-corrected chi connectivity index (χ3v) is 5.86. The van der Waals surface area contributed by atoms with Crippen LogP contribution in [0.5, 0.6) is 0 Å². The van der Waals surface area contributed by atoms with E-state index in [0.717, 1.165) is 0 Å². The third-order valence-electron chi connectivity index (χ3n) is 5.86. The summed E-state index contributed by atoms with van der Waals surface area (Å²) >= 11 is 0. The molecule has 0 radical (unpaired) electrons. The van der Waals surface area contributed by atoms with Gasteiger partial charge < -0.3 is 15.0 Å². The largest absolute Gasteiger partial charge is 0.416 e. The van der Waals surface area contributed by atoms with Crippen molar-refractivity contribution in [2.75, 3.05) is 26.3 Å². The van der Waals surface area contributed by atoms with Crippen LogP contribution < -0.4 is 5.32 Å². The highest BCUT2D eigenvalue weighted by molar-refractivity contribution is 5.93. The molecule has 1 aliphatic rings. The molecule has 35 heavy (non-hydrogen) atoms. The van der Waals surface area contributed by atoms with Gasteiger partial charge >= 0.3 is 12.4 Å². The van der Waals surface area contributed by atoms with E-state index >= 15 is 0 Å². The number of rotatable bonds is 5. The molecule has 0 saturated carbocycles. The lowest BCUT2D eigenvalue weighted by Crippen LogP contribution is -2.50. The first-order chi connectivity index (χ1) is 16.2. The fourth-order valence-electron chi connectivity index (χ4n) is 3.66. The van der Waals surface area contributed by atoms with Crippen molar-refractivity contribution in [2.24, 2.45) is 0 Å². The fourth-order valence-corrected chi connectivity index (χ4v) is 3.66. The van der Waals surface area contributed by atoms with Gasteiger partial charge in [-0.3, -0.25) is 9.59 Å². The Kier molecular flexibility index (Phi) is 7.49. The molecule has 0 aromatic heterocycles. The van der Waals surface area contributed by atoms with Gasteiger partial charge in [0.25, 0.3) is 0 Å². The maximum Gasteiger partial charge on any atom is 0.416 e. The van der Waals surface area contributed by atoms with Gasteiger partial charge in [-0.1, -0.05) is 30.3 Å². The Morgan fingerprint density at radius 3 is 1.83 bits per heavy atom. The Morgan fingerprint density at radius 2 is 1.34 bits per heavy atom. The molecule has 5 nitrogen and oxygen atoms in total. The molecule has 1 atom stereocenters. The van der Waals surface area contributed by atoms with E-state index in [1.807, 2.05) is 0 Å². The van der Waals surface area contributed by atoms with E-state index < -0.39 is 52.3 Å². The molecule has 190 valence electrons. The second kappa shape index (κ2) is 9.88. The molecule has 3 rings (SSSR count). The number of alkyl halides is 6. The first-order valence-electron chi connectivity index (χ1n) is 10.7. The lowest BCUT2D eigenvalue weighted by Gasteiger charge is -2.33. The maximum atomic E-state index is 13.3. The van der Waals surface area contributed by atoms with Crippen molar-refractivity contribution < 1.29 is 40.7 Å². The van der Waals surface area contributed by atoms with E-state index in [1.54, 1.807) is 30.3 Å². The van der Waals surface area contributed by atoms with Gasteiger partial charge in [0, 0.05) is 13.1 Å². The molecule has 0 unspecified atom stereocenters. The lowest BCUT2D eigenvalue weighted by atomic mass is 9.81. The van der Waals surface area contributed by atoms with E-state index in [1.165, 1.54) is 18.7 Å². The first kappa shape index (κ1) is 26.5. The van der Waals surface area contributed by atoms with Gasteiger partial charge in [0.1, 0.15) is 6.04 Å². The zero-order chi connectivity index (χ0) is 26.0. The monoisotopic (exact) mass is 502 g/mol. The van der Waals surface area contributed by atoms with Crippen LogP contribution in [0.15, 0.2) is 48.5 Å². The number of ether oxygens (including phenoxy) is 1. The molecule has 1 aliphatic heterocycles. The first-order valence-corrected chi connectivity index (χ1v) is 10.7. The van der Waals surface area contributed by atoms with Gasteiger partial charge in [0.15, 0.2) is 0 Å². The number of carbonyl (C=O) groups is 2. The quantitative estimate of drug-likeness (QED) is 0.603. The topological polar surface area (TPSA) is 58.6 Å². The van der Waals surface area contributed by atoms with Crippen LogP contribution in [0.1, 0.15) is 42.1 Å². The summed E-state index contributed by atoms with van der Waals surface area (Å²) in [7, 11) is 0. The number of amides is 2. The van der Waals surface area contributed by atoms with Gasteiger partial charge in [-0.2, -0.15) is 26.3 Å². The minimum Gasteiger partial charge on any atom is -0.378 e. The van der Waals surface area contributed by atoms with Crippen LogP contribution >= 0.6 is 0 Å². The van der Waals surface area contributed by atoms with Crippen molar-refractivity contribution >= 4 is 11.8 Å². The van der Waals surface area contributed by atoms with Crippen LogP contribution in [-0.2, 0) is 32.1 Å². The Morgan fingerprint density at radius 1 is 0.857 bits per heavy atom. The number of carbonyl (C=O) groups excluding carboxylic acids is 2. The summed E-state index contributed by atoms with van der Waals surface area (Å²) in [5.74, 6) is -1.36. The molecule has 0 bridgehead atoms. The Labute approximate surface area is 198 Å². The van der Waals surface area contributed by atoms with Gasteiger partial charge in [0.05, 0.1) is 29.8 Å². The molecule has 2 aromatic carbocycles. The molecular formula is C24H24F6N2O3. The van der Waals surface area contributed by atoms with Crippen LogP contribution in [0.2, 0.25) is 0 Å². The predicted octanol–water partition coefficient (Wildman–Crippen LogP) is 4.72. The minimum atomic E-state index is -5.05. The molecule has 2 aromatic rings. The smallest absolute Gasteiger partial charge is 0.378 e. The van der Waals surface area contributed by atoms with E-state index in [2.05, 4.69) is 5.32 Å². The molecule has 1 fully saturated rings. The second-order valence-electron chi connectivity index (χ2n) is 8.67. The van der Waals surface area contributed by atoms with Gasteiger partial charge in [-0.15, -0.1) is 0 Å². The van der Waals surface area contributed by atoms with Crippen molar-refractivity contribution in [1.29, 1.82) is 0 Å². The molecular weight excluding hydrogens is 478 g/mol. The van der Waals surface area contributed by atoms with E-state index in [9.17, 15) is 35.9 Å². The van der Waals surface area contributed by atoms with Crippen LogP contribution in [0.25, 0.3) is 0 Å². The summed E-state index contributed by atoms with van der Waals surface area (Å²) in [4.78, 5) is 28.0. The van der Waals surface area contributed by atoms with Crippen molar-refractivity contribution in [2.45, 2.75) is 37.7 Å². The molecule has 1 N–H and O–H groups in total. The number of benzene rings is 2. The molecule has 2 amide bonds. The molecule has 11 heteroatoms. The number of morpholine rings is 1. The zero-order valence-electron chi connectivity index (χ0n) is 19.0. The number of nitrogens with zero attached hydrogens (tertiary/aromatic N) is 1. The lowest BCUT2D eigenvalue weighted by molar-refractivity contribution is -0.143. The van der Waals surface area contributed by atoms with Crippen molar-refractivity contribution in [3.8, 4) is 0 Å². The average molecular weight is 502 g/mol. The van der Waals surface area contributed by atoms with Crippen molar-refractivity contribution in [3.63, 3.8) is 0 Å². The number of hydrogen-bond acceptors (Lipinski definition) is 3. The van der Waals surface area contributed by atoms with Crippen LogP contribution in [0.3, 0.4) is 0 Å². The maximum absolute atomic E-state index is 13.3. The summed E-state index contributed by atoms with van der Waals surface area (Å²) in [6.07, 6.45) is -10.1. The summed E-state index contributed by atoms with van der Waals surface area (Å²) in [5, 5.41) is 2.55. The number of nitrogens with one attached hydrogen (secondary N) is 1. The SMILES string of the molecule is CC(C)(C(=O)N[C@@H](C(=O)N1CCOCC1)c1ccccc1)c1cc(C(F)(F)F)cc(C(F)(F)F)c1. The Hall–Kier alpha value is -3.08. The third kappa shape index (κ3) is 6.14. The van der Waals surface area contributed by atoms with Crippen LogP contribution in [0, 0.1) is 0 Å². The predicted molar refractivity (Wildman–Crippen MR) is 114 cm³/mol. The van der Waals surface area contributed by atoms with E-state index in [0.29, 0.717) is 30.9 Å². The zero-order valence-corrected chi connectivity index (χ0v) is 19.0. The Bertz CT molecular complexity index is 1030. The molecule has 0 spiro atoms. The Balaban J connectivity index is 1.98.